The number of cyclic esters (lactones) is 1. The van der Waals surface area contributed by atoms with Crippen molar-refractivity contribution in [3.63, 3.8) is 0 Å². The molecule has 0 saturated carbocycles. The Morgan fingerprint density at radius 3 is 2.60 bits per heavy atom. The molecule has 0 aliphatic carbocycles. The molecule has 3 aromatic rings. The standard InChI is InChI=1S/C31H35N3O8Si/c1-8-31(41-24(36)14-32-29(39)42-30(3,4)5)21-13-23-25-19(15-34(23)27(37)20(21)16-40-28(31)38)26(43(6,7)9-2)18-12-17(35)10-11-22(18)33-25/h9-13,35H,2,8,14-16H2,1,3-7H3,(H,32,39)/t31-/m0/s1. The fourth-order valence-electron chi connectivity index (χ4n) is 5.75. The van der Waals surface area contributed by atoms with Crippen molar-refractivity contribution in [3.05, 3.63) is 63.6 Å². The zero-order chi connectivity index (χ0) is 31.5. The molecule has 12 heteroatoms. The Morgan fingerprint density at radius 1 is 1.23 bits per heavy atom. The topological polar surface area (TPSA) is 146 Å². The van der Waals surface area contributed by atoms with Crippen LogP contribution in [-0.4, -0.2) is 52.9 Å². The number of pyridine rings is 2. The molecule has 11 nitrogen and oxygen atoms in total. The van der Waals surface area contributed by atoms with E-state index in [2.05, 4.69) is 25.0 Å². The quantitative estimate of drug-likeness (QED) is 0.192. The highest BCUT2D eigenvalue weighted by Gasteiger charge is 2.50. The summed E-state index contributed by atoms with van der Waals surface area (Å²) in [5, 5.41) is 14.4. The van der Waals surface area contributed by atoms with Gasteiger partial charge < -0.3 is 29.2 Å². The lowest BCUT2D eigenvalue weighted by molar-refractivity contribution is -0.188. The maximum Gasteiger partial charge on any atom is 0.408 e. The van der Waals surface area contributed by atoms with Crippen LogP contribution in [0.1, 0.15) is 50.8 Å². The number of amides is 1. The number of phenols is 1. The summed E-state index contributed by atoms with van der Waals surface area (Å²) in [6.07, 6.45) is -0.832. The molecule has 43 heavy (non-hydrogen) atoms. The highest BCUT2D eigenvalue weighted by Crippen LogP contribution is 2.41. The second-order valence-electron chi connectivity index (χ2n) is 12.3. The maximum atomic E-state index is 14.0. The minimum Gasteiger partial charge on any atom is -0.508 e. The van der Waals surface area contributed by atoms with Crippen LogP contribution < -0.4 is 16.1 Å². The van der Waals surface area contributed by atoms with Gasteiger partial charge in [0.25, 0.3) is 5.56 Å². The Labute approximate surface area is 249 Å². The van der Waals surface area contributed by atoms with Gasteiger partial charge in [-0.2, -0.15) is 0 Å². The Kier molecular flexibility index (Phi) is 7.24. The normalized spacial score (nSPS) is 17.4. The number of hydrogen-bond acceptors (Lipinski definition) is 9. The van der Waals surface area contributed by atoms with Gasteiger partial charge in [-0.15, -0.1) is 6.58 Å². The maximum absolute atomic E-state index is 14.0. The van der Waals surface area contributed by atoms with E-state index in [9.17, 15) is 24.3 Å². The zero-order valence-electron chi connectivity index (χ0n) is 25.1. The fourth-order valence-corrected chi connectivity index (χ4v) is 7.83. The van der Waals surface area contributed by atoms with Crippen LogP contribution in [0.4, 0.5) is 4.79 Å². The minimum absolute atomic E-state index is 0.0150. The van der Waals surface area contributed by atoms with Crippen LogP contribution in [0.3, 0.4) is 0 Å². The van der Waals surface area contributed by atoms with Gasteiger partial charge in [-0.05, 0) is 56.6 Å². The molecular formula is C31H35N3O8Si. The van der Waals surface area contributed by atoms with Crippen molar-refractivity contribution in [3.8, 4) is 17.1 Å². The van der Waals surface area contributed by atoms with Crippen molar-refractivity contribution in [1.82, 2.24) is 14.9 Å². The van der Waals surface area contributed by atoms with Crippen LogP contribution in [0, 0.1) is 0 Å². The first-order valence-corrected chi connectivity index (χ1v) is 17.1. The van der Waals surface area contributed by atoms with Gasteiger partial charge in [0, 0.05) is 16.5 Å². The monoisotopic (exact) mass is 605 g/mol. The van der Waals surface area contributed by atoms with E-state index in [0.717, 1.165) is 16.1 Å². The van der Waals surface area contributed by atoms with Gasteiger partial charge in [0.05, 0.1) is 29.0 Å². The molecule has 2 aromatic heterocycles. The summed E-state index contributed by atoms with van der Waals surface area (Å²) in [6.45, 7) is 14.5. The largest absolute Gasteiger partial charge is 0.508 e. The molecule has 2 N–H and O–H groups in total. The van der Waals surface area contributed by atoms with Gasteiger partial charge in [-0.1, -0.05) is 25.7 Å². The number of benzene rings is 1. The van der Waals surface area contributed by atoms with E-state index in [0.29, 0.717) is 16.9 Å². The van der Waals surface area contributed by atoms with E-state index < -0.39 is 43.9 Å². The summed E-state index contributed by atoms with van der Waals surface area (Å²) in [7, 11) is -2.28. The summed E-state index contributed by atoms with van der Waals surface area (Å²) >= 11 is 0. The Hall–Kier alpha value is -4.45. The molecule has 0 unspecified atom stereocenters. The number of hydrogen-bond donors (Lipinski definition) is 2. The summed E-state index contributed by atoms with van der Waals surface area (Å²) in [5.74, 6) is -1.60. The Bertz CT molecular complexity index is 1770. The van der Waals surface area contributed by atoms with Crippen LogP contribution in [0.25, 0.3) is 22.3 Å². The van der Waals surface area contributed by atoms with Crippen molar-refractivity contribution in [2.24, 2.45) is 0 Å². The van der Waals surface area contributed by atoms with Crippen molar-refractivity contribution in [1.29, 1.82) is 0 Å². The predicted octanol–water partition coefficient (Wildman–Crippen LogP) is 3.50. The lowest BCUT2D eigenvalue weighted by Gasteiger charge is -2.35. The highest BCUT2D eigenvalue weighted by atomic mass is 28.3. The molecule has 0 radical (unpaired) electrons. The number of nitrogens with zero attached hydrogens (tertiary/aromatic N) is 2. The fraction of sp³-hybridized carbons (Fsp3) is 0.387. The molecule has 226 valence electrons. The van der Waals surface area contributed by atoms with Gasteiger partial charge in [-0.3, -0.25) is 9.59 Å². The van der Waals surface area contributed by atoms with E-state index >= 15 is 0 Å². The van der Waals surface area contributed by atoms with Crippen LogP contribution in [0.2, 0.25) is 13.1 Å². The smallest absolute Gasteiger partial charge is 0.408 e. The average molecular weight is 606 g/mol. The SMILES string of the molecule is C=C[Si](C)(C)c1c2c(nc3ccc(O)cc13)-c1cc3c(c(=O)n1C2)COC(=O)[C@@]3(CC)OC(=O)CNC(=O)OC(C)(C)C. The molecule has 0 saturated heterocycles. The lowest BCUT2D eigenvalue weighted by Crippen LogP contribution is -2.49. The third-order valence-corrected chi connectivity index (χ3v) is 10.7. The minimum atomic E-state index is -2.28. The van der Waals surface area contributed by atoms with E-state index in [4.69, 9.17) is 19.2 Å². The van der Waals surface area contributed by atoms with Gasteiger partial charge in [-0.25, -0.2) is 14.6 Å². The second-order valence-corrected chi connectivity index (χ2v) is 16.7. The summed E-state index contributed by atoms with van der Waals surface area (Å²) in [6, 6.07) is 6.67. The number of rotatable bonds is 6. The number of phenolic OH excluding ortho intramolecular Hbond substituents is 1. The molecule has 0 spiro atoms. The molecule has 0 bridgehead atoms. The first-order chi connectivity index (χ1) is 20.1. The van der Waals surface area contributed by atoms with Crippen molar-refractivity contribution in [2.45, 2.75) is 71.6 Å². The number of alkyl carbamates (subject to hydrolysis) is 1. The molecule has 1 atom stereocenters. The summed E-state index contributed by atoms with van der Waals surface area (Å²) < 4.78 is 17.9. The summed E-state index contributed by atoms with van der Waals surface area (Å²) in [5.41, 5.74) is 1.89. The van der Waals surface area contributed by atoms with Crippen molar-refractivity contribution in [2.75, 3.05) is 6.54 Å². The predicted molar refractivity (Wildman–Crippen MR) is 162 cm³/mol. The number of nitrogens with one attached hydrogen (secondary N) is 1. The zero-order valence-corrected chi connectivity index (χ0v) is 26.1. The number of fused-ring (bicyclic) bond motifs is 5. The third kappa shape index (κ3) is 5.09. The van der Waals surface area contributed by atoms with Gasteiger partial charge in [0.1, 0.15) is 32.6 Å². The van der Waals surface area contributed by atoms with E-state index in [1.807, 2.05) is 5.70 Å². The number of carbonyl (C=O) groups is 3. The molecule has 5 rings (SSSR count). The van der Waals surface area contributed by atoms with E-state index in [-0.39, 0.29) is 42.0 Å². The second kappa shape index (κ2) is 10.4. The molecule has 1 amide bonds. The first-order valence-electron chi connectivity index (χ1n) is 14.0. The van der Waals surface area contributed by atoms with Crippen LogP contribution in [0.5, 0.6) is 5.75 Å². The van der Waals surface area contributed by atoms with Crippen LogP contribution in [0.15, 0.2) is 41.3 Å². The van der Waals surface area contributed by atoms with Crippen LogP contribution in [-0.2, 0) is 42.6 Å². The van der Waals surface area contributed by atoms with E-state index in [1.165, 1.54) is 0 Å². The van der Waals surface area contributed by atoms with Gasteiger partial charge in [0.2, 0.25) is 5.60 Å². The van der Waals surface area contributed by atoms with Gasteiger partial charge in [0.15, 0.2) is 0 Å². The number of carbonyl (C=O) groups excluding carboxylic acids is 3. The molecule has 4 heterocycles. The highest BCUT2D eigenvalue weighted by molar-refractivity contribution is 6.95. The number of esters is 2. The molecular weight excluding hydrogens is 570 g/mol. The lowest BCUT2D eigenvalue weighted by atomic mass is 9.85. The number of aromatic nitrogens is 2. The summed E-state index contributed by atoms with van der Waals surface area (Å²) in [4.78, 5) is 57.2. The van der Waals surface area contributed by atoms with Gasteiger partial charge >= 0.3 is 18.0 Å². The van der Waals surface area contributed by atoms with Crippen molar-refractivity contribution >= 4 is 42.2 Å². The van der Waals surface area contributed by atoms with E-state index in [1.54, 1.807) is 56.5 Å². The Balaban J connectivity index is 1.63. The average Bonchev–Trinajstić information content (AvgIpc) is 3.29. The molecule has 0 fully saturated rings. The Morgan fingerprint density at radius 2 is 1.95 bits per heavy atom. The number of aromatic hydroxyl groups is 1. The third-order valence-electron chi connectivity index (χ3n) is 7.86. The van der Waals surface area contributed by atoms with Crippen molar-refractivity contribution < 1.29 is 33.7 Å². The molecule has 2 aliphatic rings. The number of ether oxygens (including phenoxy) is 3. The first kappa shape index (κ1) is 30.0. The molecule has 1 aromatic carbocycles. The van der Waals surface area contributed by atoms with Crippen LogP contribution >= 0.6 is 0 Å². The molecule has 2 aliphatic heterocycles.